The number of carbonyl (C=O) groups is 1. The Morgan fingerprint density at radius 2 is 0.634 bits per heavy atom. The minimum atomic E-state index is -0.278. The van der Waals surface area contributed by atoms with Gasteiger partial charge >= 0.3 is 5.97 Å². The Morgan fingerprint density at radius 1 is 0.366 bits per heavy atom. The lowest BCUT2D eigenvalue weighted by atomic mass is 10.1. The van der Waals surface area contributed by atoms with Gasteiger partial charge in [0.2, 0.25) is 0 Å². The van der Waals surface area contributed by atoms with Gasteiger partial charge < -0.3 is 42.6 Å². The van der Waals surface area contributed by atoms with E-state index in [1.165, 1.54) is 71.3 Å². The Kier molecular flexibility index (Phi) is 36.4. The number of rotatable bonds is 36. The molecule has 246 valence electrons. The molecule has 0 atom stereocenters. The normalized spacial score (nSPS) is 11.4. The van der Waals surface area contributed by atoms with Gasteiger partial charge in [-0.15, -0.1) is 0 Å². The molecule has 0 saturated carbocycles. The van der Waals surface area contributed by atoms with Crippen LogP contribution in [0.2, 0.25) is 0 Å². The van der Waals surface area contributed by atoms with Crippen molar-refractivity contribution < 1.29 is 47.4 Å². The van der Waals surface area contributed by atoms with Gasteiger partial charge in [0, 0.05) is 6.61 Å². The molecule has 0 N–H and O–H groups in total. The maximum atomic E-state index is 10.9. The third kappa shape index (κ3) is 37.1. The lowest BCUT2D eigenvalue weighted by molar-refractivity contribution is -0.141. The van der Waals surface area contributed by atoms with Crippen molar-refractivity contribution in [2.24, 2.45) is 0 Å². The highest BCUT2D eigenvalue weighted by atomic mass is 16.6. The Bertz CT molecular complexity index is 496. The summed E-state index contributed by atoms with van der Waals surface area (Å²) in [4.78, 5) is 10.9. The van der Waals surface area contributed by atoms with Crippen molar-refractivity contribution in [3.8, 4) is 0 Å². The van der Waals surface area contributed by atoms with Crippen LogP contribution in [0.15, 0.2) is 0 Å². The van der Waals surface area contributed by atoms with Crippen molar-refractivity contribution in [3.05, 3.63) is 0 Å². The first-order valence-corrected chi connectivity index (χ1v) is 16.0. The molecule has 0 aliphatic carbocycles. The van der Waals surface area contributed by atoms with Gasteiger partial charge in [-0.1, -0.05) is 71.1 Å². The Hall–Kier alpha value is -0.850. The zero-order valence-corrected chi connectivity index (χ0v) is 26.4. The van der Waals surface area contributed by atoms with Crippen LogP contribution in [0.4, 0.5) is 0 Å². The van der Waals surface area contributed by atoms with Gasteiger partial charge in [0.05, 0.1) is 113 Å². The second-order valence-corrected chi connectivity index (χ2v) is 9.76. The van der Waals surface area contributed by atoms with E-state index in [1.54, 1.807) is 0 Å². The third-order valence-corrected chi connectivity index (χ3v) is 6.17. The van der Waals surface area contributed by atoms with Crippen LogP contribution in [0.25, 0.3) is 0 Å². The van der Waals surface area contributed by atoms with Gasteiger partial charge in [-0.2, -0.15) is 0 Å². The first-order valence-electron chi connectivity index (χ1n) is 16.0. The highest BCUT2D eigenvalue weighted by molar-refractivity contribution is 5.69. The second kappa shape index (κ2) is 37.2. The fourth-order valence-electron chi connectivity index (χ4n) is 3.77. The molecule has 0 aliphatic rings. The minimum Gasteiger partial charge on any atom is -0.469 e. The van der Waals surface area contributed by atoms with Crippen LogP contribution in [-0.4, -0.2) is 119 Å². The maximum Gasteiger partial charge on any atom is 0.307 e. The summed E-state index contributed by atoms with van der Waals surface area (Å²) >= 11 is 0. The van der Waals surface area contributed by atoms with Gasteiger partial charge in [-0.3, -0.25) is 4.79 Å². The van der Waals surface area contributed by atoms with Crippen LogP contribution in [-0.2, 0) is 47.4 Å². The largest absolute Gasteiger partial charge is 0.469 e. The van der Waals surface area contributed by atoms with Crippen molar-refractivity contribution in [2.75, 3.05) is 113 Å². The molecular weight excluding hydrogens is 532 g/mol. The summed E-state index contributed by atoms with van der Waals surface area (Å²) in [6.45, 7) is 10.8. The van der Waals surface area contributed by atoms with Crippen LogP contribution in [0.3, 0.4) is 0 Å². The number of unbranched alkanes of at least 4 members (excludes halogenated alkanes) is 10. The highest BCUT2D eigenvalue weighted by Crippen LogP contribution is 2.11. The molecule has 0 radical (unpaired) electrons. The summed E-state index contributed by atoms with van der Waals surface area (Å²) in [5.74, 6) is -0.278. The van der Waals surface area contributed by atoms with E-state index in [4.69, 9.17) is 37.9 Å². The van der Waals surface area contributed by atoms with E-state index in [1.807, 2.05) is 0 Å². The van der Waals surface area contributed by atoms with Gasteiger partial charge in [0.25, 0.3) is 0 Å². The molecule has 0 heterocycles. The quantitative estimate of drug-likeness (QED) is 0.0728. The zero-order valence-electron chi connectivity index (χ0n) is 26.4. The number of methoxy groups -OCH3 is 1. The van der Waals surface area contributed by atoms with E-state index in [-0.39, 0.29) is 12.4 Å². The maximum absolute atomic E-state index is 10.9. The molecule has 0 unspecified atom stereocenters. The molecule has 10 nitrogen and oxygen atoms in total. The first kappa shape index (κ1) is 40.1. The summed E-state index contributed by atoms with van der Waals surface area (Å²) < 4.78 is 48.2. The van der Waals surface area contributed by atoms with Crippen LogP contribution < -0.4 is 0 Å². The number of esters is 1. The average Bonchev–Trinajstić information content (AvgIpc) is 2.99. The molecule has 41 heavy (non-hydrogen) atoms. The van der Waals surface area contributed by atoms with E-state index in [2.05, 4.69) is 11.7 Å². The molecule has 0 bridgehead atoms. The standard InChI is InChI=1S/C31H62O10/c1-3-4-5-6-7-8-9-10-11-12-13-15-34-17-19-36-21-23-38-25-27-40-29-30-41-28-26-39-24-22-37-20-18-35-16-14-31(32)33-2/h3-30H2,1-2H3. The monoisotopic (exact) mass is 594 g/mol. The summed E-state index contributed by atoms with van der Waals surface area (Å²) in [6.07, 6.45) is 15.1. The Labute approximate surface area is 250 Å². The summed E-state index contributed by atoms with van der Waals surface area (Å²) in [6, 6.07) is 0. The molecule has 0 saturated heterocycles. The van der Waals surface area contributed by atoms with Crippen LogP contribution >= 0.6 is 0 Å². The lowest BCUT2D eigenvalue weighted by Crippen LogP contribution is -2.15. The smallest absolute Gasteiger partial charge is 0.307 e. The molecule has 0 amide bonds. The van der Waals surface area contributed by atoms with Crippen molar-refractivity contribution in [1.29, 1.82) is 0 Å². The predicted molar refractivity (Wildman–Crippen MR) is 160 cm³/mol. The molecular formula is C31H62O10. The first-order chi connectivity index (χ1) is 20.3. The molecule has 0 aromatic carbocycles. The fourth-order valence-corrected chi connectivity index (χ4v) is 3.77. The average molecular weight is 595 g/mol. The number of ether oxygens (including phenoxy) is 9. The van der Waals surface area contributed by atoms with E-state index in [0.717, 1.165) is 13.0 Å². The SMILES string of the molecule is CCCCCCCCCCCCCOCCOCCOCCOCCOCCOCCOCCOCCC(=O)OC. The summed E-state index contributed by atoms with van der Waals surface area (Å²) in [5, 5.41) is 0. The van der Waals surface area contributed by atoms with Crippen molar-refractivity contribution in [2.45, 2.75) is 84.0 Å². The van der Waals surface area contributed by atoms with E-state index >= 15 is 0 Å². The molecule has 10 heteroatoms. The van der Waals surface area contributed by atoms with Gasteiger partial charge in [-0.05, 0) is 6.42 Å². The molecule has 0 rings (SSSR count). The molecule has 0 aromatic heterocycles. The van der Waals surface area contributed by atoms with Crippen molar-refractivity contribution in [3.63, 3.8) is 0 Å². The number of hydrogen-bond acceptors (Lipinski definition) is 10. The molecule has 0 aromatic rings. The van der Waals surface area contributed by atoms with E-state index < -0.39 is 0 Å². The number of carbonyl (C=O) groups excluding carboxylic acids is 1. The summed E-state index contributed by atoms with van der Waals surface area (Å²) in [7, 11) is 1.36. The zero-order chi connectivity index (χ0) is 29.7. The second-order valence-electron chi connectivity index (χ2n) is 9.76. The lowest BCUT2D eigenvalue weighted by Gasteiger charge is -2.08. The third-order valence-electron chi connectivity index (χ3n) is 6.17. The van der Waals surface area contributed by atoms with E-state index in [9.17, 15) is 4.79 Å². The van der Waals surface area contributed by atoms with Gasteiger partial charge in [0.15, 0.2) is 0 Å². The summed E-state index contributed by atoms with van der Waals surface area (Å²) in [5.41, 5.74) is 0. The highest BCUT2D eigenvalue weighted by Gasteiger charge is 1.99. The van der Waals surface area contributed by atoms with Crippen LogP contribution in [0, 0.1) is 0 Å². The Balaban J connectivity index is 3.04. The van der Waals surface area contributed by atoms with Gasteiger partial charge in [0.1, 0.15) is 0 Å². The van der Waals surface area contributed by atoms with E-state index in [0.29, 0.717) is 99.1 Å². The van der Waals surface area contributed by atoms with Crippen molar-refractivity contribution in [1.82, 2.24) is 0 Å². The minimum absolute atomic E-state index is 0.254. The topological polar surface area (TPSA) is 100 Å². The predicted octanol–water partition coefficient (Wildman–Crippen LogP) is 4.99. The van der Waals surface area contributed by atoms with Crippen molar-refractivity contribution >= 4 is 5.97 Å². The molecule has 0 fully saturated rings. The molecule has 0 spiro atoms. The van der Waals surface area contributed by atoms with Crippen LogP contribution in [0.1, 0.15) is 84.0 Å². The molecule has 0 aliphatic heterocycles. The van der Waals surface area contributed by atoms with Crippen LogP contribution in [0.5, 0.6) is 0 Å². The fraction of sp³-hybridized carbons (Fsp3) is 0.968. The Morgan fingerprint density at radius 3 is 0.951 bits per heavy atom. The van der Waals surface area contributed by atoms with Gasteiger partial charge in [-0.25, -0.2) is 0 Å². The number of hydrogen-bond donors (Lipinski definition) is 0.